The minimum atomic E-state index is -0.748. The van der Waals surface area contributed by atoms with Crippen molar-refractivity contribution < 1.29 is 25.5 Å². The van der Waals surface area contributed by atoms with Gasteiger partial charge in [0.25, 0.3) is 0 Å². The normalized spacial score (nSPS) is 46.4. The Hall–Kier alpha value is -1.45. The maximum absolute atomic E-state index is 12.8. The van der Waals surface area contributed by atoms with E-state index in [1.165, 1.54) is 6.42 Å². The lowest BCUT2D eigenvalue weighted by Crippen LogP contribution is -2.72. The van der Waals surface area contributed by atoms with E-state index in [9.17, 15) is 4.79 Å². The molecule has 7 aliphatic rings. The largest absolute Gasteiger partial charge is 0.331 e. The van der Waals surface area contributed by atoms with Gasteiger partial charge in [0.05, 0.1) is 0 Å². The average molecular weight is 476 g/mol. The Morgan fingerprint density at radius 2 is 1.91 bits per heavy atom. The fourth-order valence-corrected chi connectivity index (χ4v) is 7.39. The van der Waals surface area contributed by atoms with E-state index in [1.54, 1.807) is 0 Å². The predicted molar refractivity (Wildman–Crippen MR) is 127 cm³/mol. The lowest BCUT2D eigenvalue weighted by atomic mass is 9.58. The first-order valence-electron chi connectivity index (χ1n) is 13.3. The number of allylic oxidation sites excluding steroid dienone is 3. The molecule has 1 saturated carbocycles. The Bertz CT molecular complexity index is 877. The SMILES string of the molecule is C[C@H]1[C@H](N2CCN(C(=O)NC3=CCCC=C3)CC2)O[C@@H]2O[C@@]3(C)CC[C@H]4[C@H](C)CC[C@@H]1[C@@]24OO3.[HH]. The number of amides is 2. The van der Waals surface area contributed by atoms with Gasteiger partial charge in [-0.3, -0.25) is 4.90 Å². The molecule has 5 saturated heterocycles. The lowest BCUT2D eigenvalue weighted by Gasteiger charge is -2.61. The van der Waals surface area contributed by atoms with Crippen LogP contribution in [0.5, 0.6) is 0 Å². The van der Waals surface area contributed by atoms with Gasteiger partial charge in [0, 0.05) is 51.6 Å². The van der Waals surface area contributed by atoms with Gasteiger partial charge in [0.1, 0.15) is 6.23 Å². The van der Waals surface area contributed by atoms with Crippen LogP contribution >= 0.6 is 0 Å². The molecule has 2 amide bonds. The Balaban J connectivity index is 0.00000253. The summed E-state index contributed by atoms with van der Waals surface area (Å²) < 4.78 is 13.3. The third-order valence-corrected chi connectivity index (χ3v) is 9.33. The number of nitrogens with zero attached hydrogens (tertiary/aromatic N) is 2. The Labute approximate surface area is 204 Å². The summed E-state index contributed by atoms with van der Waals surface area (Å²) in [4.78, 5) is 29.3. The van der Waals surface area contributed by atoms with E-state index < -0.39 is 17.7 Å². The molecule has 0 aromatic carbocycles. The van der Waals surface area contributed by atoms with Gasteiger partial charge < -0.3 is 19.7 Å². The molecule has 190 valence electrons. The molecule has 1 N–H and O–H groups in total. The highest BCUT2D eigenvalue weighted by molar-refractivity contribution is 5.76. The molecule has 0 aromatic rings. The number of nitrogens with one attached hydrogen (secondary N) is 1. The molecule has 5 aliphatic heterocycles. The molecule has 7 rings (SSSR count). The van der Waals surface area contributed by atoms with Crippen molar-refractivity contribution in [3.63, 3.8) is 0 Å². The van der Waals surface area contributed by atoms with E-state index in [1.807, 2.05) is 17.9 Å². The summed E-state index contributed by atoms with van der Waals surface area (Å²) in [5.41, 5.74) is 0.387. The maximum atomic E-state index is 12.8. The molecule has 6 fully saturated rings. The molecule has 8 heteroatoms. The van der Waals surface area contributed by atoms with E-state index in [2.05, 4.69) is 36.2 Å². The van der Waals surface area contributed by atoms with Crippen molar-refractivity contribution in [1.29, 1.82) is 0 Å². The molecule has 2 bridgehead atoms. The van der Waals surface area contributed by atoms with Crippen LogP contribution in [0.3, 0.4) is 0 Å². The first-order valence-corrected chi connectivity index (χ1v) is 13.3. The van der Waals surface area contributed by atoms with Crippen molar-refractivity contribution in [2.24, 2.45) is 23.7 Å². The zero-order valence-electron chi connectivity index (χ0n) is 20.7. The molecule has 34 heavy (non-hydrogen) atoms. The zero-order chi connectivity index (χ0) is 23.5. The molecule has 2 aliphatic carbocycles. The molecule has 5 heterocycles. The van der Waals surface area contributed by atoms with Gasteiger partial charge in [-0.1, -0.05) is 26.0 Å². The molecular weight excluding hydrogens is 434 g/mol. The Kier molecular flexibility index (Phi) is 5.81. The van der Waals surface area contributed by atoms with Crippen LogP contribution in [0.1, 0.15) is 60.7 Å². The number of fused-ring (bicyclic) bond motifs is 2. The van der Waals surface area contributed by atoms with Crippen molar-refractivity contribution >= 4 is 6.03 Å². The molecule has 8 atom stereocenters. The summed E-state index contributed by atoms with van der Waals surface area (Å²) in [5, 5.41) is 3.05. The molecule has 0 aromatic heterocycles. The molecule has 8 nitrogen and oxygen atoms in total. The third kappa shape index (κ3) is 3.64. The number of carbonyl (C=O) groups excluding carboxylic acids is 1. The average Bonchev–Trinajstić information content (AvgIpc) is 3.08. The van der Waals surface area contributed by atoms with Gasteiger partial charge in [-0.15, -0.1) is 0 Å². The van der Waals surface area contributed by atoms with Crippen LogP contribution in [-0.2, 0) is 19.2 Å². The van der Waals surface area contributed by atoms with Gasteiger partial charge in [-0.25, -0.2) is 14.6 Å². The second kappa shape index (κ2) is 8.59. The standard InChI is InChI=1S/C26H39N3O5.H2/c1-17-9-10-21-18(2)22(31-23-26(21)20(17)11-12-25(3,32-23)33-34-26)28-13-15-29(16-14-28)24(30)27-19-7-5-4-6-8-19;/h5,7-8,17-18,20-23H,4,6,9-16H2,1-3H3,(H,27,30);1H/t17-,18-,20+,21+,22-,23-,25-,26-;/m1./s1. The van der Waals surface area contributed by atoms with E-state index in [4.69, 9.17) is 19.2 Å². The number of piperazine rings is 1. The van der Waals surface area contributed by atoms with Crippen molar-refractivity contribution in [3.8, 4) is 0 Å². The summed E-state index contributed by atoms with van der Waals surface area (Å²) in [5.74, 6) is 0.815. The van der Waals surface area contributed by atoms with E-state index in [0.29, 0.717) is 36.8 Å². The van der Waals surface area contributed by atoms with Crippen LogP contribution in [0, 0.1) is 23.7 Å². The number of hydrogen-bond acceptors (Lipinski definition) is 6. The predicted octanol–water partition coefficient (Wildman–Crippen LogP) is 4.00. The van der Waals surface area contributed by atoms with Crippen LogP contribution in [0.15, 0.2) is 23.9 Å². The van der Waals surface area contributed by atoms with Gasteiger partial charge in [-0.05, 0) is 56.9 Å². The minimum Gasteiger partial charge on any atom is -0.331 e. The molecule has 1 spiro atoms. The van der Waals surface area contributed by atoms with Crippen molar-refractivity contribution in [2.75, 3.05) is 26.2 Å². The number of carbonyl (C=O) groups is 1. The highest BCUT2D eigenvalue weighted by Gasteiger charge is 2.69. The zero-order valence-corrected chi connectivity index (χ0v) is 20.7. The number of urea groups is 1. The second-order valence-electron chi connectivity index (χ2n) is 11.4. The van der Waals surface area contributed by atoms with E-state index in [0.717, 1.165) is 50.9 Å². The Morgan fingerprint density at radius 3 is 2.68 bits per heavy atom. The fourth-order valence-electron chi connectivity index (χ4n) is 7.39. The van der Waals surface area contributed by atoms with Crippen LogP contribution in [0.4, 0.5) is 4.79 Å². The topological polar surface area (TPSA) is 72.5 Å². The first-order chi connectivity index (χ1) is 16.4. The highest BCUT2D eigenvalue weighted by atomic mass is 17.3. The van der Waals surface area contributed by atoms with Crippen molar-refractivity contribution in [2.45, 2.75) is 83.2 Å². The molecule has 0 radical (unpaired) electrons. The number of hydrogen-bond donors (Lipinski definition) is 1. The second-order valence-corrected chi connectivity index (χ2v) is 11.4. The molecule has 0 unspecified atom stereocenters. The minimum absolute atomic E-state index is 0. The monoisotopic (exact) mass is 475 g/mol. The summed E-state index contributed by atoms with van der Waals surface area (Å²) >= 11 is 0. The first kappa shape index (κ1) is 23.0. The Morgan fingerprint density at radius 1 is 1.09 bits per heavy atom. The lowest BCUT2D eigenvalue weighted by molar-refractivity contribution is -0.574. The van der Waals surface area contributed by atoms with Gasteiger partial charge >= 0.3 is 6.03 Å². The smallest absolute Gasteiger partial charge is 0.321 e. The van der Waals surface area contributed by atoms with E-state index >= 15 is 0 Å². The third-order valence-electron chi connectivity index (χ3n) is 9.33. The number of rotatable bonds is 2. The summed E-state index contributed by atoms with van der Waals surface area (Å²) in [6, 6.07) is -0.0130. The van der Waals surface area contributed by atoms with Gasteiger partial charge in [0.15, 0.2) is 11.9 Å². The summed E-state index contributed by atoms with van der Waals surface area (Å²) in [6.07, 6.45) is 11.9. The van der Waals surface area contributed by atoms with Crippen LogP contribution in [-0.4, -0.2) is 65.9 Å². The van der Waals surface area contributed by atoms with Crippen LogP contribution < -0.4 is 5.32 Å². The quantitative estimate of drug-likeness (QED) is 0.609. The number of ether oxygens (including phenoxy) is 2. The maximum Gasteiger partial charge on any atom is 0.321 e. The van der Waals surface area contributed by atoms with Gasteiger partial charge in [0.2, 0.25) is 5.79 Å². The van der Waals surface area contributed by atoms with Crippen LogP contribution in [0.25, 0.3) is 0 Å². The fraction of sp³-hybridized carbons (Fsp3) is 0.808. The highest BCUT2D eigenvalue weighted by Crippen LogP contribution is 2.60. The summed E-state index contributed by atoms with van der Waals surface area (Å²) in [7, 11) is 0. The van der Waals surface area contributed by atoms with E-state index in [-0.39, 0.29) is 13.7 Å². The van der Waals surface area contributed by atoms with Crippen LogP contribution in [0.2, 0.25) is 0 Å². The summed E-state index contributed by atoms with van der Waals surface area (Å²) in [6.45, 7) is 9.58. The van der Waals surface area contributed by atoms with Crippen molar-refractivity contribution in [1.82, 2.24) is 15.1 Å². The molecular formula is C26H41N3O5. The van der Waals surface area contributed by atoms with Crippen molar-refractivity contribution in [3.05, 3.63) is 23.9 Å². The van der Waals surface area contributed by atoms with Gasteiger partial charge in [-0.2, -0.15) is 0 Å².